The molecule has 7 heteroatoms. The van der Waals surface area contributed by atoms with Crippen molar-refractivity contribution in [1.29, 1.82) is 0 Å². The third-order valence-electron chi connectivity index (χ3n) is 3.01. The van der Waals surface area contributed by atoms with Gasteiger partial charge in [-0.25, -0.2) is 0 Å². The maximum atomic E-state index is 11.9. The lowest BCUT2D eigenvalue weighted by molar-refractivity contribution is -0.120. The van der Waals surface area contributed by atoms with Crippen LogP contribution < -0.4 is 21.1 Å². The number of benzene rings is 1. The van der Waals surface area contributed by atoms with Gasteiger partial charge in [-0.1, -0.05) is 18.5 Å². The number of ether oxygens (including phenoxy) is 1. The Morgan fingerprint density at radius 2 is 2.35 bits per heavy atom. The molecule has 6 nitrogen and oxygen atoms in total. The molecule has 0 spiro atoms. The van der Waals surface area contributed by atoms with Crippen molar-refractivity contribution in [2.45, 2.75) is 13.3 Å². The van der Waals surface area contributed by atoms with Crippen LogP contribution in [0.3, 0.4) is 0 Å². The van der Waals surface area contributed by atoms with Crippen molar-refractivity contribution in [1.82, 2.24) is 0 Å². The molecule has 0 bridgehead atoms. The fourth-order valence-electron chi connectivity index (χ4n) is 1.83. The molecule has 2 amide bonds. The summed E-state index contributed by atoms with van der Waals surface area (Å²) in [6, 6.07) is 3.15. The highest BCUT2D eigenvalue weighted by molar-refractivity contribution is 6.34. The number of fused-ring (bicyclic) bond motifs is 1. The number of anilines is 2. The zero-order chi connectivity index (χ0) is 14.7. The van der Waals surface area contributed by atoms with E-state index in [0.29, 0.717) is 35.1 Å². The summed E-state index contributed by atoms with van der Waals surface area (Å²) in [5.74, 6) is -0.109. The van der Waals surface area contributed by atoms with Gasteiger partial charge in [-0.15, -0.1) is 0 Å². The summed E-state index contributed by atoms with van der Waals surface area (Å²) in [6.07, 6.45) is 0.598. The summed E-state index contributed by atoms with van der Waals surface area (Å²) in [7, 11) is 0. The first-order valence-electron chi connectivity index (χ1n) is 6.28. The topological polar surface area (TPSA) is 93.5 Å². The molecule has 0 saturated heterocycles. The molecule has 2 rings (SSSR count). The van der Waals surface area contributed by atoms with Crippen LogP contribution in [0.4, 0.5) is 11.4 Å². The van der Waals surface area contributed by atoms with Gasteiger partial charge in [0.05, 0.1) is 16.4 Å². The number of halogens is 1. The van der Waals surface area contributed by atoms with Crippen molar-refractivity contribution < 1.29 is 14.3 Å². The standard InChI is InChI=1S/C13H16ClN3O3/c1-7(2-3-15)13(19)17-9-5-11-10(4-8(9)14)16-12(18)6-20-11/h4-5,7H,2-3,6,15H2,1H3,(H,16,18)(H,17,19). The summed E-state index contributed by atoms with van der Waals surface area (Å²) >= 11 is 6.09. The second-order valence-electron chi connectivity index (χ2n) is 4.63. The van der Waals surface area contributed by atoms with E-state index < -0.39 is 0 Å². The Labute approximate surface area is 121 Å². The number of nitrogens with two attached hydrogens (primary N) is 1. The second-order valence-corrected chi connectivity index (χ2v) is 5.04. The lowest BCUT2D eigenvalue weighted by Crippen LogP contribution is -2.26. The van der Waals surface area contributed by atoms with Crippen molar-refractivity contribution in [3.05, 3.63) is 17.2 Å². The molecule has 20 heavy (non-hydrogen) atoms. The maximum Gasteiger partial charge on any atom is 0.262 e. The Morgan fingerprint density at radius 1 is 1.60 bits per heavy atom. The van der Waals surface area contributed by atoms with Gasteiger partial charge in [0.2, 0.25) is 5.91 Å². The lowest BCUT2D eigenvalue weighted by Gasteiger charge is -2.20. The Hall–Kier alpha value is -1.79. The molecule has 1 aromatic rings. The highest BCUT2D eigenvalue weighted by atomic mass is 35.5. The minimum Gasteiger partial charge on any atom is -0.482 e. The van der Waals surface area contributed by atoms with E-state index in [2.05, 4.69) is 10.6 Å². The summed E-state index contributed by atoms with van der Waals surface area (Å²) in [5, 5.41) is 5.72. The maximum absolute atomic E-state index is 11.9. The molecule has 1 atom stereocenters. The SMILES string of the molecule is CC(CCN)C(=O)Nc1cc2c(cc1Cl)NC(=O)CO2. The molecule has 0 aliphatic carbocycles. The Kier molecular flexibility index (Phi) is 4.46. The van der Waals surface area contributed by atoms with E-state index in [1.165, 1.54) is 0 Å². The van der Waals surface area contributed by atoms with E-state index in [-0.39, 0.29) is 24.3 Å². The van der Waals surface area contributed by atoms with Crippen molar-refractivity contribution in [3.63, 3.8) is 0 Å². The molecule has 1 aromatic carbocycles. The van der Waals surface area contributed by atoms with Crippen LogP contribution in [0.1, 0.15) is 13.3 Å². The number of amides is 2. The third kappa shape index (κ3) is 3.20. The van der Waals surface area contributed by atoms with Crippen LogP contribution in [0.25, 0.3) is 0 Å². The monoisotopic (exact) mass is 297 g/mol. The minimum atomic E-state index is -0.234. The van der Waals surface area contributed by atoms with E-state index >= 15 is 0 Å². The normalized spacial score (nSPS) is 14.8. The van der Waals surface area contributed by atoms with Gasteiger partial charge in [0.25, 0.3) is 5.91 Å². The van der Waals surface area contributed by atoms with Gasteiger partial charge in [0.1, 0.15) is 5.75 Å². The second kappa shape index (κ2) is 6.11. The first kappa shape index (κ1) is 14.6. The van der Waals surface area contributed by atoms with E-state index in [4.69, 9.17) is 22.1 Å². The predicted octanol–water partition coefficient (Wildman–Crippen LogP) is 1.59. The zero-order valence-electron chi connectivity index (χ0n) is 11.0. The van der Waals surface area contributed by atoms with Crippen LogP contribution in [0.15, 0.2) is 12.1 Å². The molecule has 0 aromatic heterocycles. The Morgan fingerprint density at radius 3 is 3.05 bits per heavy atom. The molecule has 1 aliphatic heterocycles. The largest absolute Gasteiger partial charge is 0.482 e. The van der Waals surface area contributed by atoms with Crippen molar-refractivity contribution in [2.75, 3.05) is 23.8 Å². The highest BCUT2D eigenvalue weighted by Gasteiger charge is 2.20. The minimum absolute atomic E-state index is 0.0500. The predicted molar refractivity (Wildman–Crippen MR) is 77.0 cm³/mol. The number of carbonyl (C=O) groups excluding carboxylic acids is 2. The van der Waals surface area contributed by atoms with Gasteiger partial charge in [-0.2, -0.15) is 0 Å². The van der Waals surface area contributed by atoms with Crippen molar-refractivity contribution in [2.24, 2.45) is 11.7 Å². The summed E-state index contributed by atoms with van der Waals surface area (Å²) < 4.78 is 5.28. The molecular weight excluding hydrogens is 282 g/mol. The van der Waals surface area contributed by atoms with Gasteiger partial charge < -0.3 is 21.1 Å². The van der Waals surface area contributed by atoms with Crippen LogP contribution in [0.2, 0.25) is 5.02 Å². The first-order valence-corrected chi connectivity index (χ1v) is 6.66. The van der Waals surface area contributed by atoms with Crippen molar-refractivity contribution in [3.8, 4) is 5.75 Å². The lowest BCUT2D eigenvalue weighted by atomic mass is 10.1. The molecule has 1 aliphatic rings. The van der Waals surface area contributed by atoms with Gasteiger partial charge >= 0.3 is 0 Å². The van der Waals surface area contributed by atoms with Gasteiger partial charge in [-0.3, -0.25) is 9.59 Å². The number of hydrogen-bond donors (Lipinski definition) is 3. The van der Waals surface area contributed by atoms with Crippen LogP contribution in [-0.2, 0) is 9.59 Å². The van der Waals surface area contributed by atoms with E-state index in [1.54, 1.807) is 19.1 Å². The molecule has 1 unspecified atom stereocenters. The van der Waals surface area contributed by atoms with Gasteiger partial charge in [0, 0.05) is 12.0 Å². The van der Waals surface area contributed by atoms with Crippen LogP contribution in [0, 0.1) is 5.92 Å². The highest BCUT2D eigenvalue weighted by Crippen LogP contribution is 2.36. The molecule has 4 N–H and O–H groups in total. The van der Waals surface area contributed by atoms with Gasteiger partial charge in [-0.05, 0) is 19.0 Å². The van der Waals surface area contributed by atoms with E-state index in [0.717, 1.165) is 0 Å². The summed E-state index contributed by atoms with van der Waals surface area (Å²) in [5.41, 5.74) is 6.38. The van der Waals surface area contributed by atoms with E-state index in [9.17, 15) is 9.59 Å². The molecule has 0 saturated carbocycles. The van der Waals surface area contributed by atoms with Crippen LogP contribution in [-0.4, -0.2) is 25.0 Å². The fraction of sp³-hybridized carbons (Fsp3) is 0.385. The van der Waals surface area contributed by atoms with E-state index in [1.807, 2.05) is 0 Å². The molecule has 0 fully saturated rings. The first-order chi connectivity index (χ1) is 9.51. The summed E-state index contributed by atoms with van der Waals surface area (Å²) in [4.78, 5) is 23.1. The molecule has 1 heterocycles. The number of carbonyl (C=O) groups is 2. The van der Waals surface area contributed by atoms with Crippen molar-refractivity contribution >= 4 is 34.8 Å². The fourth-order valence-corrected chi connectivity index (χ4v) is 2.04. The molecular formula is C13H16ClN3O3. The number of nitrogens with one attached hydrogen (secondary N) is 2. The summed E-state index contributed by atoms with van der Waals surface area (Å²) in [6.45, 7) is 2.19. The number of hydrogen-bond acceptors (Lipinski definition) is 4. The smallest absolute Gasteiger partial charge is 0.262 e. The Balaban J connectivity index is 2.17. The molecule has 108 valence electrons. The third-order valence-corrected chi connectivity index (χ3v) is 3.32. The average molecular weight is 298 g/mol. The molecule has 0 radical (unpaired) electrons. The Bertz CT molecular complexity index is 548. The number of rotatable bonds is 4. The van der Waals surface area contributed by atoms with Crippen LogP contribution in [0.5, 0.6) is 5.75 Å². The van der Waals surface area contributed by atoms with Crippen LogP contribution >= 0.6 is 11.6 Å². The van der Waals surface area contributed by atoms with Gasteiger partial charge in [0.15, 0.2) is 6.61 Å². The average Bonchev–Trinajstić information content (AvgIpc) is 2.40. The zero-order valence-corrected chi connectivity index (χ0v) is 11.8. The quantitative estimate of drug-likeness (QED) is 0.787.